The Labute approximate surface area is 215 Å². The molecule has 2 heterocycles. The number of cyclic esters (lactones) is 1. The molecule has 0 spiro atoms. The van der Waals surface area contributed by atoms with Crippen molar-refractivity contribution < 1.29 is 24.2 Å². The van der Waals surface area contributed by atoms with Crippen molar-refractivity contribution in [2.75, 3.05) is 0 Å². The highest BCUT2D eigenvalue weighted by Crippen LogP contribution is 2.52. The molecular formula is C27H29Cl2NO5. The number of ether oxygens (including phenoxy) is 1. The molecule has 2 fully saturated rings. The highest BCUT2D eigenvalue weighted by molar-refractivity contribution is 6.30. The summed E-state index contributed by atoms with van der Waals surface area (Å²) in [6.07, 6.45) is 0.972. The molecule has 0 aliphatic carbocycles. The molecule has 186 valence electrons. The van der Waals surface area contributed by atoms with Gasteiger partial charge in [0.05, 0.1) is 23.9 Å². The molecule has 2 aromatic carbocycles. The van der Waals surface area contributed by atoms with Crippen molar-refractivity contribution in [3.05, 3.63) is 69.7 Å². The minimum Gasteiger partial charge on any atom is -0.481 e. The first-order valence-electron chi connectivity index (χ1n) is 11.9. The maximum atomic E-state index is 14.2. The van der Waals surface area contributed by atoms with E-state index in [2.05, 4.69) is 0 Å². The van der Waals surface area contributed by atoms with Crippen LogP contribution in [0.2, 0.25) is 10.0 Å². The molecule has 1 N–H and O–H groups in total. The monoisotopic (exact) mass is 517 g/mol. The van der Waals surface area contributed by atoms with E-state index in [0.717, 1.165) is 11.1 Å². The van der Waals surface area contributed by atoms with E-state index in [1.807, 2.05) is 37.3 Å². The Morgan fingerprint density at radius 1 is 1.14 bits per heavy atom. The summed E-state index contributed by atoms with van der Waals surface area (Å²) in [6.45, 7) is 3.68. The lowest BCUT2D eigenvalue weighted by Crippen LogP contribution is -2.58. The fraction of sp³-hybridized carbons (Fsp3) is 0.444. The Bertz CT molecular complexity index is 1120. The van der Waals surface area contributed by atoms with Gasteiger partial charge in [-0.1, -0.05) is 61.3 Å². The molecule has 0 bridgehead atoms. The first-order valence-corrected chi connectivity index (χ1v) is 12.6. The Morgan fingerprint density at radius 3 is 2.43 bits per heavy atom. The number of amides is 1. The van der Waals surface area contributed by atoms with Crippen LogP contribution in [-0.4, -0.2) is 40.0 Å². The molecule has 0 radical (unpaired) electrons. The summed E-state index contributed by atoms with van der Waals surface area (Å²) in [4.78, 5) is 39.8. The van der Waals surface area contributed by atoms with Gasteiger partial charge in [-0.3, -0.25) is 14.4 Å². The van der Waals surface area contributed by atoms with Crippen molar-refractivity contribution in [2.45, 2.75) is 70.1 Å². The molecule has 0 aromatic heterocycles. The average Bonchev–Trinajstić information content (AvgIpc) is 3.23. The maximum Gasteiger partial charge on any atom is 0.306 e. The van der Waals surface area contributed by atoms with Gasteiger partial charge in [-0.05, 0) is 54.7 Å². The lowest BCUT2D eigenvalue weighted by molar-refractivity contribution is -0.166. The molecule has 2 aliphatic heterocycles. The Hall–Kier alpha value is -2.57. The molecule has 2 saturated heterocycles. The largest absolute Gasteiger partial charge is 0.481 e. The lowest BCUT2D eigenvalue weighted by atomic mass is 9.66. The zero-order chi connectivity index (χ0) is 25.3. The minimum atomic E-state index is -1.14. The fourth-order valence-electron chi connectivity index (χ4n) is 5.70. The summed E-state index contributed by atoms with van der Waals surface area (Å²) in [6, 6.07) is 14.1. The molecule has 2 aromatic rings. The maximum absolute atomic E-state index is 14.2. The van der Waals surface area contributed by atoms with E-state index < -0.39 is 29.6 Å². The number of carbonyl (C=O) groups excluding carboxylic acids is 2. The third-order valence-corrected chi connectivity index (χ3v) is 7.74. The molecule has 0 saturated carbocycles. The van der Waals surface area contributed by atoms with Crippen LogP contribution in [0.15, 0.2) is 48.5 Å². The van der Waals surface area contributed by atoms with E-state index in [9.17, 15) is 19.5 Å². The van der Waals surface area contributed by atoms with E-state index >= 15 is 0 Å². The number of carboxylic acid groups (broad SMARTS) is 1. The number of piperidine rings is 1. The zero-order valence-electron chi connectivity index (χ0n) is 19.7. The summed E-state index contributed by atoms with van der Waals surface area (Å²) in [5, 5.41) is 10.9. The molecule has 2 aliphatic rings. The van der Waals surface area contributed by atoms with Gasteiger partial charge in [-0.15, -0.1) is 0 Å². The fourth-order valence-corrected chi connectivity index (χ4v) is 6.03. The number of carbonyl (C=O) groups is 3. The minimum absolute atomic E-state index is 0.233. The first-order chi connectivity index (χ1) is 16.6. The average molecular weight is 518 g/mol. The van der Waals surface area contributed by atoms with Crippen molar-refractivity contribution in [3.63, 3.8) is 0 Å². The Kier molecular flexibility index (Phi) is 7.43. The van der Waals surface area contributed by atoms with E-state index in [1.54, 1.807) is 30.0 Å². The predicted octanol–water partition coefficient (Wildman–Crippen LogP) is 6.02. The van der Waals surface area contributed by atoms with Crippen LogP contribution in [0.5, 0.6) is 0 Å². The van der Waals surface area contributed by atoms with Gasteiger partial charge in [-0.2, -0.15) is 0 Å². The summed E-state index contributed by atoms with van der Waals surface area (Å²) in [5.41, 5.74) is 0.662. The number of benzene rings is 2. The third kappa shape index (κ3) is 5.19. The number of hydrogen-bond donors (Lipinski definition) is 1. The molecule has 35 heavy (non-hydrogen) atoms. The van der Waals surface area contributed by atoms with Gasteiger partial charge in [0.25, 0.3) is 0 Å². The van der Waals surface area contributed by atoms with Crippen molar-refractivity contribution in [3.8, 4) is 0 Å². The van der Waals surface area contributed by atoms with Crippen LogP contribution in [0.3, 0.4) is 0 Å². The van der Waals surface area contributed by atoms with Gasteiger partial charge in [0.15, 0.2) is 0 Å². The van der Waals surface area contributed by atoms with Gasteiger partial charge in [0, 0.05) is 22.4 Å². The van der Waals surface area contributed by atoms with Gasteiger partial charge in [-0.25, -0.2) is 0 Å². The van der Waals surface area contributed by atoms with Gasteiger partial charge < -0.3 is 14.7 Å². The summed E-state index contributed by atoms with van der Waals surface area (Å²) in [5.74, 6) is -1.78. The topological polar surface area (TPSA) is 83.9 Å². The first kappa shape index (κ1) is 25.5. The molecular weight excluding hydrogens is 489 g/mol. The number of likely N-dealkylation sites (tertiary alicyclic amines) is 1. The number of carboxylic acids is 1. The number of esters is 1. The molecule has 6 nitrogen and oxygen atoms in total. The third-order valence-electron chi connectivity index (χ3n) is 7.25. The van der Waals surface area contributed by atoms with Crippen LogP contribution >= 0.6 is 23.2 Å². The summed E-state index contributed by atoms with van der Waals surface area (Å²) >= 11 is 12.5. The predicted molar refractivity (Wildman–Crippen MR) is 133 cm³/mol. The quantitative estimate of drug-likeness (QED) is 0.454. The van der Waals surface area contributed by atoms with Gasteiger partial charge >= 0.3 is 11.9 Å². The second-order valence-corrected chi connectivity index (χ2v) is 10.6. The number of halogens is 2. The van der Waals surface area contributed by atoms with Crippen LogP contribution in [0.25, 0.3) is 0 Å². The lowest BCUT2D eigenvalue weighted by Gasteiger charge is -2.52. The molecule has 4 rings (SSSR count). The van der Waals surface area contributed by atoms with Crippen LogP contribution in [-0.2, 0) is 19.1 Å². The van der Waals surface area contributed by atoms with Gasteiger partial charge in [0.1, 0.15) is 6.10 Å². The molecule has 1 amide bonds. The van der Waals surface area contributed by atoms with Crippen LogP contribution in [0, 0.1) is 5.41 Å². The van der Waals surface area contributed by atoms with Crippen molar-refractivity contribution in [1.82, 2.24) is 4.90 Å². The van der Waals surface area contributed by atoms with Gasteiger partial charge in [0.2, 0.25) is 5.91 Å². The number of rotatable bonds is 7. The molecule has 5 atom stereocenters. The second kappa shape index (κ2) is 10.2. The Balaban J connectivity index is 1.90. The number of nitrogens with zero attached hydrogens (tertiary/aromatic N) is 1. The smallest absolute Gasteiger partial charge is 0.306 e. The van der Waals surface area contributed by atoms with Crippen molar-refractivity contribution >= 4 is 41.0 Å². The highest BCUT2D eigenvalue weighted by Gasteiger charge is 2.54. The zero-order valence-corrected chi connectivity index (χ0v) is 21.3. The molecule has 8 heteroatoms. The van der Waals surface area contributed by atoms with Crippen molar-refractivity contribution in [1.29, 1.82) is 0 Å². The van der Waals surface area contributed by atoms with E-state index in [1.165, 1.54) is 0 Å². The highest BCUT2D eigenvalue weighted by atomic mass is 35.5. The second-order valence-electron chi connectivity index (χ2n) is 9.75. The van der Waals surface area contributed by atoms with Crippen LogP contribution in [0.1, 0.15) is 69.0 Å². The van der Waals surface area contributed by atoms with Crippen molar-refractivity contribution in [2.24, 2.45) is 5.41 Å². The van der Waals surface area contributed by atoms with E-state index in [-0.39, 0.29) is 24.2 Å². The molecule has 1 unspecified atom stereocenters. The van der Waals surface area contributed by atoms with E-state index in [0.29, 0.717) is 35.7 Å². The van der Waals surface area contributed by atoms with Crippen LogP contribution < -0.4 is 0 Å². The normalized spacial score (nSPS) is 27.5. The van der Waals surface area contributed by atoms with E-state index in [4.69, 9.17) is 27.9 Å². The summed E-state index contributed by atoms with van der Waals surface area (Å²) < 4.78 is 5.64. The SMILES string of the molecule is CC[C@@H](C1CCC(=O)O1)N1C(=O)[C@@](C)(CC(=O)O)C[C@H](c2cccc(Cl)c2)[C@H]1c1ccc(Cl)cc1. The Morgan fingerprint density at radius 2 is 1.86 bits per heavy atom. The number of hydrogen-bond acceptors (Lipinski definition) is 4. The summed E-state index contributed by atoms with van der Waals surface area (Å²) in [7, 11) is 0. The van der Waals surface area contributed by atoms with Crippen LogP contribution in [0.4, 0.5) is 0 Å². The standard InChI is InChI=1S/C27H29Cl2NO5/c1-3-21(22-11-12-24(33)35-22)30-25(16-7-9-18(28)10-8-16)20(17-5-4-6-19(29)13-17)14-27(2,26(30)34)15-23(31)32/h4-10,13,20-22,25H,3,11-12,14-15H2,1-2H3,(H,31,32)/t20-,21+,22?,25-,27-/m1/s1. The number of aliphatic carboxylic acids is 1.